The van der Waals surface area contributed by atoms with E-state index in [1.807, 2.05) is 48.5 Å². The van der Waals surface area contributed by atoms with Crippen molar-refractivity contribution in [1.82, 2.24) is 0 Å². The second-order valence-electron chi connectivity index (χ2n) is 9.20. The minimum atomic E-state index is 0. The van der Waals surface area contributed by atoms with Crippen LogP contribution in [-0.4, -0.2) is 0 Å². The first-order chi connectivity index (χ1) is 19.3. The van der Waals surface area contributed by atoms with E-state index in [2.05, 4.69) is 118 Å². The predicted molar refractivity (Wildman–Crippen MR) is 170 cm³/mol. The average molecular weight is 600 g/mol. The maximum Gasteiger partial charge on any atom is 4.00 e. The normalized spacial score (nSPS) is 9.97. The van der Waals surface area contributed by atoms with Gasteiger partial charge in [0.1, 0.15) is 0 Å². The topological polar surface area (TPSA) is 0 Å². The zero-order chi connectivity index (χ0) is 27.5. The monoisotopic (exact) mass is 598 g/mol. The van der Waals surface area contributed by atoms with Gasteiger partial charge in [0, 0.05) is 0 Å². The molecule has 0 saturated heterocycles. The zero-order valence-electron chi connectivity index (χ0n) is 23.7. The van der Waals surface area contributed by atoms with Crippen LogP contribution in [0.3, 0.4) is 0 Å². The van der Waals surface area contributed by atoms with Gasteiger partial charge in [-0.2, -0.15) is 60.9 Å². The van der Waals surface area contributed by atoms with Crippen molar-refractivity contribution in [1.29, 1.82) is 0 Å². The molecule has 0 spiro atoms. The van der Waals surface area contributed by atoms with Gasteiger partial charge >= 0.3 is 26.2 Å². The molecule has 0 radical (unpaired) electrons. The molecule has 0 aromatic heterocycles. The molecule has 1 aliphatic carbocycles. The van der Waals surface area contributed by atoms with Gasteiger partial charge in [-0.05, 0) is 23.1 Å². The molecule has 6 rings (SSSR count). The summed E-state index contributed by atoms with van der Waals surface area (Å²) in [5, 5.41) is 0. The van der Waals surface area contributed by atoms with Gasteiger partial charge in [-0.1, -0.05) is 122 Å². The summed E-state index contributed by atoms with van der Waals surface area (Å²) in [6.07, 6.45) is 7.55. The fourth-order valence-electron chi connectivity index (χ4n) is 4.20. The molecular weight excluding hydrogens is 560 g/mol. The predicted octanol–water partition coefficient (Wildman–Crippen LogP) is 10.8. The van der Waals surface area contributed by atoms with Gasteiger partial charge in [0.25, 0.3) is 0 Å². The summed E-state index contributed by atoms with van der Waals surface area (Å²) in [7, 11) is 0. The molecule has 0 N–H and O–H groups in total. The molecule has 1 aliphatic rings. The van der Waals surface area contributed by atoms with Crippen LogP contribution in [0.4, 0.5) is 0 Å². The first-order valence-corrected chi connectivity index (χ1v) is 13.9. The smallest absolute Gasteiger partial charge is 0.343 e. The van der Waals surface area contributed by atoms with Crippen LogP contribution in [0.15, 0.2) is 140 Å². The summed E-state index contributed by atoms with van der Waals surface area (Å²) in [5.74, 6) is 0. The number of hydrogen-bond acceptors (Lipinski definition) is 0. The molecule has 5 aromatic carbocycles. The number of allylic oxidation sites excluding steroid dienone is 1. The van der Waals surface area contributed by atoms with Crippen LogP contribution < -0.4 is 0 Å². The SMILES string of the molecule is [CH2-]CCC.[CH2-]CCC=C(c1ccccc1)c1ccccc1.[Zr+4].[c-]1cccc2c1Cc1ccccc1-2.c1cc[cH-]c1. The molecule has 0 unspecified atom stereocenters. The molecule has 200 valence electrons. The Hall–Kier alpha value is -3.15. The average Bonchev–Trinajstić information content (AvgIpc) is 3.71. The summed E-state index contributed by atoms with van der Waals surface area (Å²) in [6, 6.07) is 49.1. The third-order valence-corrected chi connectivity index (χ3v) is 6.25. The zero-order valence-corrected chi connectivity index (χ0v) is 26.2. The summed E-state index contributed by atoms with van der Waals surface area (Å²) in [6.45, 7) is 9.62. The fraction of sp³-hybridized carbons (Fsp3) is 0.154. The minimum absolute atomic E-state index is 0. The quantitative estimate of drug-likeness (QED) is 0.173. The van der Waals surface area contributed by atoms with Gasteiger partial charge in [0.05, 0.1) is 0 Å². The molecule has 5 aromatic rings. The number of benzene rings is 4. The van der Waals surface area contributed by atoms with Crippen molar-refractivity contribution in [2.45, 2.75) is 39.0 Å². The van der Waals surface area contributed by atoms with Crippen molar-refractivity contribution in [2.75, 3.05) is 0 Å². The number of rotatable bonds is 5. The van der Waals surface area contributed by atoms with Crippen LogP contribution in [0.5, 0.6) is 0 Å². The first-order valence-electron chi connectivity index (χ1n) is 13.9. The van der Waals surface area contributed by atoms with Crippen molar-refractivity contribution in [3.63, 3.8) is 0 Å². The molecular formula is C39H40Zr. The third kappa shape index (κ3) is 10.8. The summed E-state index contributed by atoms with van der Waals surface area (Å²) in [5.41, 5.74) is 9.35. The number of hydrogen-bond donors (Lipinski definition) is 0. The van der Waals surface area contributed by atoms with E-state index in [-0.39, 0.29) is 26.2 Å². The molecule has 0 fully saturated rings. The molecule has 40 heavy (non-hydrogen) atoms. The molecule has 0 bridgehead atoms. The van der Waals surface area contributed by atoms with Crippen LogP contribution in [0.1, 0.15) is 54.9 Å². The maximum atomic E-state index is 3.90. The van der Waals surface area contributed by atoms with Crippen molar-refractivity contribution in [2.24, 2.45) is 0 Å². The van der Waals surface area contributed by atoms with E-state index >= 15 is 0 Å². The van der Waals surface area contributed by atoms with Gasteiger partial charge in [0.15, 0.2) is 0 Å². The standard InChI is InChI=1S/C17H17.C13H9.C5H5.C4H9.Zr/c1-2-3-14-17(15-10-6-4-7-11-15)16-12-8-5-9-13-16;1-3-7-12-10(5-1)9-11-6-2-4-8-13(11)12;1-2-4-5-3-1;1-3-4-2;/h4-14H,1-3H2;1-5,7-8H,9H2;1-5H;1,3-4H2,2H3;/q4*-1;+4. The Bertz CT molecular complexity index is 1230. The Morgan fingerprint density at radius 1 is 0.725 bits per heavy atom. The Labute approximate surface area is 262 Å². The van der Waals surface area contributed by atoms with Crippen LogP contribution in [0.2, 0.25) is 0 Å². The van der Waals surface area contributed by atoms with Crippen molar-refractivity contribution >= 4 is 5.57 Å². The molecule has 0 amide bonds. The van der Waals surface area contributed by atoms with E-state index < -0.39 is 0 Å². The summed E-state index contributed by atoms with van der Waals surface area (Å²) in [4.78, 5) is 0. The van der Waals surface area contributed by atoms with E-state index in [9.17, 15) is 0 Å². The molecule has 0 nitrogen and oxygen atoms in total. The maximum absolute atomic E-state index is 3.90. The second kappa shape index (κ2) is 19.8. The van der Waals surface area contributed by atoms with Crippen LogP contribution >= 0.6 is 0 Å². The Balaban J connectivity index is 0.000000214. The second-order valence-corrected chi connectivity index (χ2v) is 9.20. The first kappa shape index (κ1) is 33.1. The van der Waals surface area contributed by atoms with Crippen LogP contribution in [-0.2, 0) is 32.6 Å². The largest absolute Gasteiger partial charge is 4.00 e. The van der Waals surface area contributed by atoms with Crippen LogP contribution in [0.25, 0.3) is 16.7 Å². The Morgan fingerprint density at radius 3 is 1.80 bits per heavy atom. The minimum Gasteiger partial charge on any atom is -0.343 e. The molecule has 0 atom stereocenters. The van der Waals surface area contributed by atoms with Crippen molar-refractivity contribution in [3.05, 3.63) is 182 Å². The van der Waals surface area contributed by atoms with Gasteiger partial charge in [0.2, 0.25) is 0 Å². The van der Waals surface area contributed by atoms with Gasteiger partial charge < -0.3 is 13.8 Å². The van der Waals surface area contributed by atoms with E-state index in [4.69, 9.17) is 0 Å². The number of fused-ring (bicyclic) bond motifs is 3. The Kier molecular flexibility index (Phi) is 16.4. The van der Waals surface area contributed by atoms with E-state index in [1.54, 1.807) is 0 Å². The third-order valence-electron chi connectivity index (χ3n) is 6.25. The molecule has 0 saturated carbocycles. The number of unbranched alkanes of at least 4 members (excludes halogenated alkanes) is 2. The fourth-order valence-corrected chi connectivity index (χ4v) is 4.20. The van der Waals surface area contributed by atoms with Crippen molar-refractivity contribution < 1.29 is 26.2 Å². The van der Waals surface area contributed by atoms with Gasteiger partial charge in [-0.3, -0.25) is 0 Å². The summed E-state index contributed by atoms with van der Waals surface area (Å²) < 4.78 is 0. The summed E-state index contributed by atoms with van der Waals surface area (Å²) >= 11 is 0. The van der Waals surface area contributed by atoms with Gasteiger partial charge in [-0.15, -0.1) is 5.56 Å². The van der Waals surface area contributed by atoms with E-state index in [0.717, 1.165) is 25.7 Å². The molecule has 0 heterocycles. The van der Waals surface area contributed by atoms with Crippen LogP contribution in [0, 0.1) is 19.9 Å². The van der Waals surface area contributed by atoms with E-state index in [0.29, 0.717) is 0 Å². The van der Waals surface area contributed by atoms with Crippen molar-refractivity contribution in [3.8, 4) is 11.1 Å². The molecule has 1 heteroatoms. The molecule has 0 aliphatic heterocycles. The van der Waals surface area contributed by atoms with E-state index in [1.165, 1.54) is 45.4 Å². The Morgan fingerprint density at radius 2 is 1.27 bits per heavy atom. The van der Waals surface area contributed by atoms with Gasteiger partial charge in [-0.25, -0.2) is 12.1 Å².